The third kappa shape index (κ3) is 3.71. The quantitative estimate of drug-likeness (QED) is 0.688. The Hall–Kier alpha value is -0.690. The fourth-order valence-electron chi connectivity index (χ4n) is 2.04. The van der Waals surface area contributed by atoms with E-state index in [1.165, 1.54) is 12.8 Å². The average molecular weight is 242 g/mol. The summed E-state index contributed by atoms with van der Waals surface area (Å²) in [6.07, 6.45) is 12.6. The van der Waals surface area contributed by atoms with Gasteiger partial charge in [0, 0.05) is 12.8 Å². The van der Waals surface area contributed by atoms with Crippen LogP contribution in [0.5, 0.6) is 0 Å². The Morgan fingerprint density at radius 2 is 1.38 bits per heavy atom. The number of hydrogen-bond donors (Lipinski definition) is 0. The molecule has 0 amide bonds. The van der Waals surface area contributed by atoms with Crippen LogP contribution >= 0.6 is 8.25 Å². The van der Waals surface area contributed by atoms with Crippen molar-refractivity contribution >= 4 is 8.25 Å². The smallest absolute Gasteiger partial charge is 0.418 e. The molecule has 4 heteroatoms. The number of rotatable bonds is 4. The maximum atomic E-state index is 11.6. The maximum Gasteiger partial charge on any atom is 0.418 e. The molecule has 0 atom stereocenters. The van der Waals surface area contributed by atoms with E-state index in [0.29, 0.717) is 0 Å². The zero-order valence-corrected chi connectivity index (χ0v) is 10.5. The van der Waals surface area contributed by atoms with Crippen molar-refractivity contribution in [2.24, 2.45) is 0 Å². The summed E-state index contributed by atoms with van der Waals surface area (Å²) >= 11 is 0. The molecule has 2 aliphatic carbocycles. The molecule has 0 spiro atoms. The predicted molar refractivity (Wildman–Crippen MR) is 64.3 cm³/mol. The van der Waals surface area contributed by atoms with Crippen LogP contribution in [0.15, 0.2) is 23.7 Å². The Balaban J connectivity index is 1.79. The van der Waals surface area contributed by atoms with E-state index in [1.54, 1.807) is 0 Å². The predicted octanol–water partition coefficient (Wildman–Crippen LogP) is 4.33. The Morgan fingerprint density at radius 1 is 0.875 bits per heavy atom. The van der Waals surface area contributed by atoms with Crippen LogP contribution in [0, 0.1) is 0 Å². The highest BCUT2D eigenvalue weighted by atomic mass is 31.1. The summed E-state index contributed by atoms with van der Waals surface area (Å²) in [5, 5.41) is 0. The second-order valence-electron chi connectivity index (χ2n) is 4.29. The van der Waals surface area contributed by atoms with Gasteiger partial charge in [-0.25, -0.2) is 4.57 Å². The molecular formula is C12H19O3P. The van der Waals surface area contributed by atoms with Crippen molar-refractivity contribution in [3.05, 3.63) is 23.7 Å². The summed E-state index contributed by atoms with van der Waals surface area (Å²) < 4.78 is 22.3. The van der Waals surface area contributed by atoms with Gasteiger partial charge in [0.15, 0.2) is 0 Å². The lowest BCUT2D eigenvalue weighted by Gasteiger charge is -2.17. The fraction of sp³-hybridized carbons (Fsp3) is 0.667. The summed E-state index contributed by atoms with van der Waals surface area (Å²) in [5.41, 5.74) is 0. The van der Waals surface area contributed by atoms with Crippen LogP contribution in [0.3, 0.4) is 0 Å². The standard InChI is InChI=1S/C12H19O3P/c13-16(14-11-7-3-1-4-8-11)15-12-9-5-2-6-10-12/h7,9,16H,1-6,8,10H2. The van der Waals surface area contributed by atoms with E-state index in [1.807, 2.05) is 12.2 Å². The molecule has 0 aliphatic heterocycles. The molecule has 2 aliphatic rings. The molecular weight excluding hydrogens is 223 g/mol. The lowest BCUT2D eigenvalue weighted by molar-refractivity contribution is 0.290. The first-order valence-electron chi connectivity index (χ1n) is 6.12. The van der Waals surface area contributed by atoms with E-state index in [0.717, 1.165) is 50.0 Å². The third-order valence-electron chi connectivity index (χ3n) is 2.93. The monoisotopic (exact) mass is 242 g/mol. The van der Waals surface area contributed by atoms with Crippen LogP contribution in [0.25, 0.3) is 0 Å². The summed E-state index contributed by atoms with van der Waals surface area (Å²) in [6, 6.07) is 0. The van der Waals surface area contributed by atoms with Gasteiger partial charge >= 0.3 is 8.25 Å². The molecule has 0 aromatic rings. The molecule has 0 saturated heterocycles. The first kappa shape index (κ1) is 11.8. The summed E-state index contributed by atoms with van der Waals surface area (Å²) in [6.45, 7) is 0. The minimum Gasteiger partial charge on any atom is -0.423 e. The van der Waals surface area contributed by atoms with Crippen LogP contribution in [-0.4, -0.2) is 0 Å². The highest BCUT2D eigenvalue weighted by Crippen LogP contribution is 2.36. The van der Waals surface area contributed by atoms with Gasteiger partial charge in [-0.2, -0.15) is 0 Å². The van der Waals surface area contributed by atoms with Crippen molar-refractivity contribution < 1.29 is 13.6 Å². The van der Waals surface area contributed by atoms with Crippen molar-refractivity contribution in [2.45, 2.75) is 51.4 Å². The molecule has 3 nitrogen and oxygen atoms in total. The maximum absolute atomic E-state index is 11.6. The molecule has 0 unspecified atom stereocenters. The van der Waals surface area contributed by atoms with Gasteiger partial charge in [-0.05, 0) is 50.7 Å². The highest BCUT2D eigenvalue weighted by molar-refractivity contribution is 7.33. The third-order valence-corrected chi connectivity index (χ3v) is 3.79. The van der Waals surface area contributed by atoms with Crippen LogP contribution in [0.1, 0.15) is 51.4 Å². The van der Waals surface area contributed by atoms with E-state index in [9.17, 15) is 4.57 Å². The van der Waals surface area contributed by atoms with Gasteiger partial charge in [0.25, 0.3) is 0 Å². The van der Waals surface area contributed by atoms with Crippen LogP contribution in [0.4, 0.5) is 0 Å². The molecule has 0 bridgehead atoms. The second kappa shape index (κ2) is 6.15. The van der Waals surface area contributed by atoms with Crippen molar-refractivity contribution in [3.63, 3.8) is 0 Å². The molecule has 0 aromatic heterocycles. The first-order valence-corrected chi connectivity index (χ1v) is 7.35. The van der Waals surface area contributed by atoms with E-state index in [-0.39, 0.29) is 0 Å². The van der Waals surface area contributed by atoms with Crippen LogP contribution in [-0.2, 0) is 13.6 Å². The molecule has 0 saturated carbocycles. The Kier molecular flexibility index (Phi) is 4.53. The van der Waals surface area contributed by atoms with E-state index in [4.69, 9.17) is 9.05 Å². The summed E-state index contributed by atoms with van der Waals surface area (Å²) in [5.74, 6) is 1.71. The Bertz CT molecular complexity index is 290. The minimum absolute atomic E-state index is 0.853. The van der Waals surface area contributed by atoms with Crippen LogP contribution < -0.4 is 0 Å². The SMILES string of the molecule is O=[PH](OC1=CCCCC1)OC1=CCCCC1. The van der Waals surface area contributed by atoms with Gasteiger partial charge in [0.1, 0.15) is 11.5 Å². The lowest BCUT2D eigenvalue weighted by Crippen LogP contribution is -1.96. The van der Waals surface area contributed by atoms with Gasteiger partial charge in [-0.1, -0.05) is 0 Å². The van der Waals surface area contributed by atoms with Crippen molar-refractivity contribution in [3.8, 4) is 0 Å². The van der Waals surface area contributed by atoms with Gasteiger partial charge in [-0.15, -0.1) is 0 Å². The van der Waals surface area contributed by atoms with Crippen molar-refractivity contribution in [1.29, 1.82) is 0 Å². The Morgan fingerprint density at radius 3 is 1.75 bits per heavy atom. The van der Waals surface area contributed by atoms with Crippen LogP contribution in [0.2, 0.25) is 0 Å². The largest absolute Gasteiger partial charge is 0.423 e. The Labute approximate surface area is 97.5 Å². The minimum atomic E-state index is -2.37. The van der Waals surface area contributed by atoms with E-state index < -0.39 is 8.25 Å². The number of hydrogen-bond acceptors (Lipinski definition) is 3. The van der Waals surface area contributed by atoms with Gasteiger partial charge in [0.2, 0.25) is 0 Å². The zero-order valence-electron chi connectivity index (χ0n) is 9.54. The summed E-state index contributed by atoms with van der Waals surface area (Å²) in [7, 11) is -2.37. The summed E-state index contributed by atoms with van der Waals surface area (Å²) in [4.78, 5) is 0. The normalized spacial score (nSPS) is 21.3. The molecule has 0 heterocycles. The number of allylic oxidation sites excluding steroid dienone is 4. The average Bonchev–Trinajstić information content (AvgIpc) is 2.31. The van der Waals surface area contributed by atoms with E-state index >= 15 is 0 Å². The molecule has 90 valence electrons. The van der Waals surface area contributed by atoms with E-state index in [2.05, 4.69) is 0 Å². The van der Waals surface area contributed by atoms with Gasteiger partial charge in [-0.3, -0.25) is 0 Å². The fourth-order valence-corrected chi connectivity index (χ4v) is 2.88. The molecule has 0 fully saturated rings. The molecule has 0 N–H and O–H groups in total. The highest BCUT2D eigenvalue weighted by Gasteiger charge is 2.12. The van der Waals surface area contributed by atoms with Gasteiger partial charge < -0.3 is 9.05 Å². The molecule has 0 aromatic carbocycles. The molecule has 2 rings (SSSR count). The topological polar surface area (TPSA) is 35.5 Å². The molecule has 16 heavy (non-hydrogen) atoms. The molecule has 0 radical (unpaired) electrons. The van der Waals surface area contributed by atoms with Crippen molar-refractivity contribution in [1.82, 2.24) is 0 Å². The van der Waals surface area contributed by atoms with Gasteiger partial charge in [0.05, 0.1) is 0 Å². The lowest BCUT2D eigenvalue weighted by atomic mass is 10.1. The second-order valence-corrected chi connectivity index (χ2v) is 5.19. The van der Waals surface area contributed by atoms with Crippen molar-refractivity contribution in [2.75, 3.05) is 0 Å². The zero-order chi connectivity index (χ0) is 11.2. The first-order chi connectivity index (χ1) is 7.84.